The van der Waals surface area contributed by atoms with Crippen LogP contribution in [0.25, 0.3) is 0 Å². The van der Waals surface area contributed by atoms with E-state index in [2.05, 4.69) is 21.2 Å². The van der Waals surface area contributed by atoms with Crippen molar-refractivity contribution in [3.05, 3.63) is 27.7 Å². The van der Waals surface area contributed by atoms with Crippen LogP contribution in [0.1, 0.15) is 25.7 Å². The third-order valence-corrected chi connectivity index (χ3v) is 4.51. The van der Waals surface area contributed by atoms with Gasteiger partial charge in [-0.3, -0.25) is 4.79 Å². The average Bonchev–Trinajstić information content (AvgIpc) is 2.33. The Balaban J connectivity index is 1.96. The number of benzene rings is 1. The lowest BCUT2D eigenvalue weighted by molar-refractivity contribution is -0.124. The number of hydrogen-bond acceptors (Lipinski definition) is 1. The van der Waals surface area contributed by atoms with Crippen LogP contribution in [0.3, 0.4) is 0 Å². The van der Waals surface area contributed by atoms with E-state index in [-0.39, 0.29) is 37.5 Å². The first-order chi connectivity index (χ1) is 8.87. The van der Waals surface area contributed by atoms with Crippen LogP contribution in [0.5, 0.6) is 0 Å². The molecule has 0 radical (unpaired) electrons. The summed E-state index contributed by atoms with van der Waals surface area (Å²) in [7, 11) is 0. The Morgan fingerprint density at radius 1 is 1.37 bits per heavy atom. The van der Waals surface area contributed by atoms with Crippen molar-refractivity contribution in [1.29, 1.82) is 0 Å². The van der Waals surface area contributed by atoms with Crippen LogP contribution in [-0.2, 0) is 4.79 Å². The fraction of sp³-hybridized carbons (Fsp3) is 0.462. The summed E-state index contributed by atoms with van der Waals surface area (Å²) in [6, 6.07) is 5.07. The van der Waals surface area contributed by atoms with Gasteiger partial charge in [-0.1, -0.05) is 11.6 Å². The molecule has 1 N–H and O–H groups in total. The Morgan fingerprint density at radius 2 is 2.00 bits per heavy atom. The molecule has 0 unspecified atom stereocenters. The molecular weight excluding hydrogens is 340 g/mol. The van der Waals surface area contributed by atoms with E-state index >= 15 is 0 Å². The summed E-state index contributed by atoms with van der Waals surface area (Å²) in [4.78, 5) is 12.0. The van der Waals surface area contributed by atoms with E-state index in [0.29, 0.717) is 10.7 Å². The van der Waals surface area contributed by atoms with Gasteiger partial charge < -0.3 is 5.32 Å². The minimum atomic E-state index is -2.61. The zero-order valence-electron chi connectivity index (χ0n) is 10.1. The lowest BCUT2D eigenvalue weighted by atomic mass is 9.86. The standard InChI is InChI=1S/C13H13BrClF2NO/c14-10-2-1-9(7-11(10)15)18-12(19)8-3-5-13(16,17)6-4-8/h1-2,7-8H,3-6H2,(H,18,19). The van der Waals surface area contributed by atoms with Crippen molar-refractivity contribution in [3.63, 3.8) is 0 Å². The minimum Gasteiger partial charge on any atom is -0.326 e. The molecule has 1 saturated carbocycles. The van der Waals surface area contributed by atoms with Crippen molar-refractivity contribution in [2.75, 3.05) is 5.32 Å². The van der Waals surface area contributed by atoms with Crippen molar-refractivity contribution in [3.8, 4) is 0 Å². The van der Waals surface area contributed by atoms with E-state index in [4.69, 9.17) is 11.6 Å². The summed E-state index contributed by atoms with van der Waals surface area (Å²) in [5, 5.41) is 3.21. The van der Waals surface area contributed by atoms with Gasteiger partial charge in [-0.15, -0.1) is 0 Å². The highest BCUT2D eigenvalue weighted by Gasteiger charge is 2.37. The van der Waals surface area contributed by atoms with Crippen molar-refractivity contribution >= 4 is 39.1 Å². The monoisotopic (exact) mass is 351 g/mol. The zero-order chi connectivity index (χ0) is 14.0. The number of carbonyl (C=O) groups is 1. The highest BCUT2D eigenvalue weighted by molar-refractivity contribution is 9.10. The highest BCUT2D eigenvalue weighted by Crippen LogP contribution is 2.36. The second kappa shape index (κ2) is 5.75. The number of amides is 1. The first-order valence-electron chi connectivity index (χ1n) is 6.01. The number of nitrogens with one attached hydrogen (secondary N) is 1. The van der Waals surface area contributed by atoms with Gasteiger partial charge in [0.25, 0.3) is 0 Å². The average molecular weight is 353 g/mol. The molecule has 0 bridgehead atoms. The SMILES string of the molecule is O=C(Nc1ccc(Br)c(Cl)c1)C1CCC(F)(F)CC1. The van der Waals surface area contributed by atoms with E-state index in [1.54, 1.807) is 18.2 Å². The van der Waals surface area contributed by atoms with Crippen molar-refractivity contribution in [1.82, 2.24) is 0 Å². The molecule has 0 saturated heterocycles. The van der Waals surface area contributed by atoms with E-state index in [1.165, 1.54) is 0 Å². The Bertz CT molecular complexity index is 486. The predicted molar refractivity (Wildman–Crippen MR) is 74.7 cm³/mol. The van der Waals surface area contributed by atoms with E-state index in [1.807, 2.05) is 0 Å². The summed E-state index contributed by atoms with van der Waals surface area (Å²) < 4.78 is 26.8. The lowest BCUT2D eigenvalue weighted by Crippen LogP contribution is -2.31. The number of halogens is 4. The van der Waals surface area contributed by atoms with Gasteiger partial charge in [-0.25, -0.2) is 8.78 Å². The topological polar surface area (TPSA) is 29.1 Å². The van der Waals surface area contributed by atoms with Crippen LogP contribution in [0.2, 0.25) is 5.02 Å². The molecule has 2 rings (SSSR count). The van der Waals surface area contributed by atoms with Gasteiger partial charge in [0.1, 0.15) is 0 Å². The van der Waals surface area contributed by atoms with Crippen molar-refractivity contribution in [2.45, 2.75) is 31.6 Å². The number of hydrogen-bond donors (Lipinski definition) is 1. The largest absolute Gasteiger partial charge is 0.326 e. The molecule has 0 atom stereocenters. The Morgan fingerprint density at radius 3 is 2.58 bits per heavy atom. The van der Waals surface area contributed by atoms with Gasteiger partial charge in [0, 0.05) is 28.9 Å². The lowest BCUT2D eigenvalue weighted by Gasteiger charge is -2.27. The molecule has 19 heavy (non-hydrogen) atoms. The predicted octanol–water partition coefficient (Wildman–Crippen LogP) is 4.87. The molecule has 104 valence electrons. The molecule has 0 spiro atoms. The molecule has 6 heteroatoms. The summed E-state index contributed by atoms with van der Waals surface area (Å²) in [5.41, 5.74) is 0.579. The normalized spacial score (nSPS) is 19.2. The van der Waals surface area contributed by atoms with Crippen LogP contribution in [-0.4, -0.2) is 11.8 Å². The number of alkyl halides is 2. The maximum absolute atomic E-state index is 13.0. The fourth-order valence-electron chi connectivity index (χ4n) is 2.12. The second-order valence-corrected chi connectivity index (χ2v) is 6.01. The molecular formula is C13H13BrClF2NO. The van der Waals surface area contributed by atoms with Crippen LogP contribution in [0.4, 0.5) is 14.5 Å². The van der Waals surface area contributed by atoms with Gasteiger partial charge in [-0.05, 0) is 47.0 Å². The third-order valence-electron chi connectivity index (χ3n) is 3.28. The maximum atomic E-state index is 13.0. The van der Waals surface area contributed by atoms with E-state index in [0.717, 1.165) is 4.47 Å². The van der Waals surface area contributed by atoms with Crippen molar-refractivity contribution < 1.29 is 13.6 Å². The summed E-state index contributed by atoms with van der Waals surface area (Å²) in [6.07, 6.45) is 0.0184. The molecule has 0 heterocycles. The molecule has 1 aromatic carbocycles. The maximum Gasteiger partial charge on any atom is 0.248 e. The summed E-state index contributed by atoms with van der Waals surface area (Å²) in [6.45, 7) is 0. The van der Waals surface area contributed by atoms with Gasteiger partial charge in [0.15, 0.2) is 0 Å². The smallest absolute Gasteiger partial charge is 0.248 e. The van der Waals surface area contributed by atoms with Gasteiger partial charge in [-0.2, -0.15) is 0 Å². The molecule has 0 aliphatic heterocycles. The van der Waals surface area contributed by atoms with Gasteiger partial charge >= 0.3 is 0 Å². The molecule has 1 aliphatic carbocycles. The first-order valence-corrected chi connectivity index (χ1v) is 7.18. The Hall–Kier alpha value is -0.680. The molecule has 1 amide bonds. The number of carbonyl (C=O) groups excluding carboxylic acids is 1. The van der Waals surface area contributed by atoms with Gasteiger partial charge in [0.2, 0.25) is 11.8 Å². The van der Waals surface area contributed by atoms with E-state index in [9.17, 15) is 13.6 Å². The van der Waals surface area contributed by atoms with Crippen molar-refractivity contribution in [2.24, 2.45) is 5.92 Å². The fourth-order valence-corrected chi connectivity index (χ4v) is 2.55. The number of anilines is 1. The number of rotatable bonds is 2. The highest BCUT2D eigenvalue weighted by atomic mass is 79.9. The molecule has 2 nitrogen and oxygen atoms in total. The summed E-state index contributed by atoms with van der Waals surface area (Å²) >= 11 is 9.18. The minimum absolute atomic E-state index is 0.214. The molecule has 1 aromatic rings. The quantitative estimate of drug-likeness (QED) is 0.808. The van der Waals surface area contributed by atoms with Crippen LogP contribution < -0.4 is 5.32 Å². The third kappa shape index (κ3) is 3.89. The molecule has 0 aromatic heterocycles. The Labute approximate surface area is 123 Å². The Kier molecular flexibility index (Phi) is 4.46. The van der Waals surface area contributed by atoms with Gasteiger partial charge in [0.05, 0.1) is 5.02 Å². The van der Waals surface area contributed by atoms with Crippen LogP contribution >= 0.6 is 27.5 Å². The van der Waals surface area contributed by atoms with Crippen LogP contribution in [0.15, 0.2) is 22.7 Å². The first kappa shape index (κ1) is 14.7. The van der Waals surface area contributed by atoms with Crippen LogP contribution in [0, 0.1) is 5.92 Å². The van der Waals surface area contributed by atoms with E-state index < -0.39 is 5.92 Å². The second-order valence-electron chi connectivity index (χ2n) is 4.75. The molecule has 1 fully saturated rings. The zero-order valence-corrected chi connectivity index (χ0v) is 12.4. The summed E-state index contributed by atoms with van der Waals surface area (Å²) in [5.74, 6) is -3.17. The molecule has 1 aliphatic rings.